The summed E-state index contributed by atoms with van der Waals surface area (Å²) in [5, 5.41) is 8.14. The Bertz CT molecular complexity index is 109. The van der Waals surface area contributed by atoms with Gasteiger partial charge in [0, 0.05) is 0 Å². The zero-order valence-electron chi connectivity index (χ0n) is 4.87. The summed E-state index contributed by atoms with van der Waals surface area (Å²) >= 11 is 1.57. The highest BCUT2D eigenvalue weighted by Gasteiger charge is 2.18. The van der Waals surface area contributed by atoms with Crippen molar-refractivity contribution in [1.82, 2.24) is 0 Å². The standard InChI is InChI=1S/C5H8O3S/c6-5(7)8-4-2-1-3-9-4/h4H,1-3H2,(H,6,7). The number of carbonyl (C=O) groups is 1. The van der Waals surface area contributed by atoms with Gasteiger partial charge in [-0.1, -0.05) is 0 Å². The lowest BCUT2D eigenvalue weighted by molar-refractivity contribution is 0.0816. The van der Waals surface area contributed by atoms with Gasteiger partial charge in [0.25, 0.3) is 0 Å². The summed E-state index contributed by atoms with van der Waals surface area (Å²) in [6, 6.07) is 0. The topological polar surface area (TPSA) is 46.5 Å². The molecule has 0 radical (unpaired) electrons. The maximum atomic E-state index is 9.92. The third-order valence-electron chi connectivity index (χ3n) is 1.12. The number of ether oxygens (including phenoxy) is 1. The van der Waals surface area contributed by atoms with Crippen LogP contribution in [-0.4, -0.2) is 22.5 Å². The summed E-state index contributed by atoms with van der Waals surface area (Å²) in [4.78, 5) is 9.92. The van der Waals surface area contributed by atoms with Crippen LogP contribution in [0.15, 0.2) is 0 Å². The van der Waals surface area contributed by atoms with E-state index < -0.39 is 6.16 Å². The van der Waals surface area contributed by atoms with Crippen LogP contribution in [0.4, 0.5) is 4.79 Å². The molecule has 0 aromatic carbocycles. The average molecular weight is 148 g/mol. The molecule has 1 saturated heterocycles. The largest absolute Gasteiger partial charge is 0.506 e. The molecule has 1 fully saturated rings. The van der Waals surface area contributed by atoms with Gasteiger partial charge in [-0.25, -0.2) is 4.79 Å². The lowest BCUT2D eigenvalue weighted by Crippen LogP contribution is -2.08. The number of hydrogen-bond acceptors (Lipinski definition) is 3. The van der Waals surface area contributed by atoms with E-state index in [0.717, 1.165) is 18.6 Å². The van der Waals surface area contributed by atoms with Crippen molar-refractivity contribution >= 4 is 17.9 Å². The Kier molecular flexibility index (Phi) is 2.22. The minimum Gasteiger partial charge on any atom is -0.450 e. The molecule has 4 heteroatoms. The van der Waals surface area contributed by atoms with E-state index in [2.05, 4.69) is 4.74 Å². The molecule has 52 valence electrons. The summed E-state index contributed by atoms with van der Waals surface area (Å²) in [6.45, 7) is 0. The Morgan fingerprint density at radius 1 is 1.78 bits per heavy atom. The Hall–Kier alpha value is -0.380. The molecule has 0 aromatic rings. The average Bonchev–Trinajstić information content (AvgIpc) is 2.15. The van der Waals surface area contributed by atoms with Crippen LogP contribution in [0.3, 0.4) is 0 Å². The van der Waals surface area contributed by atoms with Crippen LogP contribution in [-0.2, 0) is 4.74 Å². The van der Waals surface area contributed by atoms with Gasteiger partial charge in [0.2, 0.25) is 0 Å². The van der Waals surface area contributed by atoms with E-state index in [9.17, 15) is 4.79 Å². The molecule has 1 aliphatic rings. The van der Waals surface area contributed by atoms with E-state index in [1.54, 1.807) is 11.8 Å². The quantitative estimate of drug-likeness (QED) is 0.573. The van der Waals surface area contributed by atoms with E-state index in [4.69, 9.17) is 5.11 Å². The van der Waals surface area contributed by atoms with Crippen LogP contribution in [0, 0.1) is 0 Å². The minimum absolute atomic E-state index is 0.0949. The van der Waals surface area contributed by atoms with E-state index in [1.165, 1.54) is 0 Å². The first-order valence-corrected chi connectivity index (χ1v) is 3.85. The van der Waals surface area contributed by atoms with Crippen molar-refractivity contribution in [3.05, 3.63) is 0 Å². The molecule has 0 spiro atoms. The van der Waals surface area contributed by atoms with E-state index in [0.29, 0.717) is 0 Å². The van der Waals surface area contributed by atoms with Gasteiger partial charge < -0.3 is 9.84 Å². The van der Waals surface area contributed by atoms with Crippen LogP contribution in [0.25, 0.3) is 0 Å². The van der Waals surface area contributed by atoms with Gasteiger partial charge in [-0.05, 0) is 18.6 Å². The molecule has 0 amide bonds. The lowest BCUT2D eigenvalue weighted by atomic mass is 10.4. The monoisotopic (exact) mass is 148 g/mol. The van der Waals surface area contributed by atoms with Crippen molar-refractivity contribution < 1.29 is 14.6 Å². The van der Waals surface area contributed by atoms with Crippen LogP contribution < -0.4 is 0 Å². The SMILES string of the molecule is O=C(O)OC1CCCS1. The van der Waals surface area contributed by atoms with Gasteiger partial charge in [0.15, 0.2) is 5.44 Å². The summed E-state index contributed by atoms with van der Waals surface area (Å²) in [5.41, 5.74) is -0.0949. The molecular weight excluding hydrogens is 140 g/mol. The predicted octanol–water partition coefficient (Wildman–Crippen LogP) is 1.53. The number of hydrogen-bond donors (Lipinski definition) is 1. The highest BCUT2D eigenvalue weighted by atomic mass is 32.2. The Morgan fingerprint density at radius 2 is 2.56 bits per heavy atom. The third kappa shape index (κ3) is 2.13. The van der Waals surface area contributed by atoms with Crippen LogP contribution in [0.5, 0.6) is 0 Å². The Morgan fingerprint density at radius 3 is 3.00 bits per heavy atom. The fraction of sp³-hybridized carbons (Fsp3) is 0.800. The van der Waals surface area contributed by atoms with Gasteiger partial charge in [0.1, 0.15) is 0 Å². The molecule has 1 aliphatic heterocycles. The van der Waals surface area contributed by atoms with Gasteiger partial charge >= 0.3 is 6.16 Å². The molecule has 1 heterocycles. The molecule has 1 rings (SSSR count). The molecule has 1 unspecified atom stereocenters. The molecule has 1 atom stereocenters. The van der Waals surface area contributed by atoms with Gasteiger partial charge in [-0.15, -0.1) is 11.8 Å². The first-order valence-electron chi connectivity index (χ1n) is 2.80. The third-order valence-corrected chi connectivity index (χ3v) is 2.35. The minimum atomic E-state index is -1.16. The van der Waals surface area contributed by atoms with E-state index in [-0.39, 0.29) is 5.44 Å². The second-order valence-electron chi connectivity index (χ2n) is 1.83. The normalized spacial score (nSPS) is 26.0. The molecular formula is C5H8O3S. The highest BCUT2D eigenvalue weighted by molar-refractivity contribution is 8.00. The second-order valence-corrected chi connectivity index (χ2v) is 3.09. The van der Waals surface area contributed by atoms with E-state index >= 15 is 0 Å². The Labute approximate surface area is 57.4 Å². The maximum Gasteiger partial charge on any atom is 0.506 e. The van der Waals surface area contributed by atoms with Crippen molar-refractivity contribution in [2.45, 2.75) is 18.3 Å². The lowest BCUT2D eigenvalue weighted by Gasteiger charge is -2.04. The van der Waals surface area contributed by atoms with Crippen LogP contribution in [0.1, 0.15) is 12.8 Å². The summed E-state index contributed by atoms with van der Waals surface area (Å²) in [5.74, 6) is 1.03. The Balaban J connectivity index is 2.19. The molecule has 0 aromatic heterocycles. The summed E-state index contributed by atoms with van der Waals surface area (Å²) < 4.78 is 4.49. The zero-order chi connectivity index (χ0) is 6.69. The van der Waals surface area contributed by atoms with E-state index in [1.807, 2.05) is 0 Å². The molecule has 1 N–H and O–H groups in total. The predicted molar refractivity (Wildman–Crippen MR) is 34.6 cm³/mol. The first kappa shape index (κ1) is 6.74. The fourth-order valence-corrected chi connectivity index (χ4v) is 1.83. The van der Waals surface area contributed by atoms with Gasteiger partial charge in [-0.3, -0.25) is 0 Å². The summed E-state index contributed by atoms with van der Waals surface area (Å²) in [6.07, 6.45) is 0.786. The molecule has 0 aliphatic carbocycles. The molecule has 9 heavy (non-hydrogen) atoms. The highest BCUT2D eigenvalue weighted by Crippen LogP contribution is 2.26. The van der Waals surface area contributed by atoms with Crippen LogP contribution >= 0.6 is 11.8 Å². The molecule has 3 nitrogen and oxygen atoms in total. The fourth-order valence-electron chi connectivity index (χ4n) is 0.754. The number of rotatable bonds is 1. The zero-order valence-corrected chi connectivity index (χ0v) is 5.69. The van der Waals surface area contributed by atoms with Gasteiger partial charge in [-0.2, -0.15) is 0 Å². The van der Waals surface area contributed by atoms with Gasteiger partial charge in [0.05, 0.1) is 0 Å². The molecule has 0 bridgehead atoms. The second kappa shape index (κ2) is 2.96. The van der Waals surface area contributed by atoms with Crippen molar-refractivity contribution in [2.24, 2.45) is 0 Å². The first-order chi connectivity index (χ1) is 4.29. The van der Waals surface area contributed by atoms with Crippen molar-refractivity contribution in [3.8, 4) is 0 Å². The molecule has 0 saturated carbocycles. The maximum absolute atomic E-state index is 9.92. The van der Waals surface area contributed by atoms with Crippen molar-refractivity contribution in [1.29, 1.82) is 0 Å². The van der Waals surface area contributed by atoms with Crippen LogP contribution in [0.2, 0.25) is 0 Å². The number of thioether (sulfide) groups is 1. The van der Waals surface area contributed by atoms with Crippen molar-refractivity contribution in [2.75, 3.05) is 5.75 Å². The summed E-state index contributed by atoms with van der Waals surface area (Å²) in [7, 11) is 0. The number of carboxylic acid groups (broad SMARTS) is 1. The smallest absolute Gasteiger partial charge is 0.450 e. The van der Waals surface area contributed by atoms with Crippen molar-refractivity contribution in [3.63, 3.8) is 0 Å².